The SMILES string of the molecule is Cc1cc2c3c(c1)-n1c4ccc(-c5ccccc5)cc4c4cc(-c5ccccc5)cc(c41)B3c1ccccc1O2. The molecule has 2 aliphatic heterocycles. The Bertz CT molecular complexity index is 2140. The summed E-state index contributed by atoms with van der Waals surface area (Å²) in [6.07, 6.45) is 0. The van der Waals surface area contributed by atoms with Gasteiger partial charge in [-0.1, -0.05) is 91.0 Å². The van der Waals surface area contributed by atoms with Crippen molar-refractivity contribution in [3.05, 3.63) is 133 Å². The van der Waals surface area contributed by atoms with Crippen molar-refractivity contribution in [1.82, 2.24) is 4.57 Å². The molecule has 0 fully saturated rings. The minimum absolute atomic E-state index is 0.104. The molecule has 0 unspecified atom stereocenters. The quantitative estimate of drug-likeness (QED) is 0.222. The predicted molar refractivity (Wildman–Crippen MR) is 168 cm³/mol. The van der Waals surface area contributed by atoms with Crippen LogP contribution in [-0.2, 0) is 0 Å². The molecule has 0 bridgehead atoms. The van der Waals surface area contributed by atoms with Crippen LogP contribution in [0.3, 0.4) is 0 Å². The molecule has 0 radical (unpaired) electrons. The van der Waals surface area contributed by atoms with Gasteiger partial charge >= 0.3 is 0 Å². The first-order chi connectivity index (χ1) is 19.7. The molecule has 7 aromatic rings. The van der Waals surface area contributed by atoms with Crippen LogP contribution < -0.4 is 21.1 Å². The van der Waals surface area contributed by atoms with Crippen LogP contribution in [0, 0.1) is 6.92 Å². The van der Waals surface area contributed by atoms with E-state index in [1.807, 2.05) is 0 Å². The third-order valence-electron chi connectivity index (χ3n) is 8.66. The zero-order chi connectivity index (χ0) is 26.4. The Labute approximate surface area is 233 Å². The number of nitrogens with zero attached hydrogens (tertiary/aromatic N) is 1. The van der Waals surface area contributed by atoms with Gasteiger partial charge in [0.05, 0.1) is 5.52 Å². The molecular formula is C37H24BNO. The number of aryl methyl sites for hydroxylation is 1. The first-order valence-electron chi connectivity index (χ1n) is 13.9. The minimum Gasteiger partial charge on any atom is -0.458 e. The standard InChI is InChI=1S/C37H24BNO/c1-23-18-33-36-35(19-23)40-34-15-9-8-14-30(34)38(36)31-22-27(25-12-6-3-7-13-25)21-29-28-20-26(24-10-4-2-5-11-24)16-17-32(28)39(33)37(29)31/h2-22H,1H3. The van der Waals surface area contributed by atoms with Gasteiger partial charge in [0.25, 0.3) is 6.71 Å². The third kappa shape index (κ3) is 2.95. The van der Waals surface area contributed by atoms with Crippen molar-refractivity contribution in [1.29, 1.82) is 0 Å². The third-order valence-corrected chi connectivity index (χ3v) is 8.66. The summed E-state index contributed by atoms with van der Waals surface area (Å²) in [5, 5.41) is 2.57. The van der Waals surface area contributed by atoms with Crippen LogP contribution in [0.2, 0.25) is 0 Å². The average Bonchev–Trinajstić information content (AvgIpc) is 3.34. The highest BCUT2D eigenvalue weighted by Gasteiger charge is 2.40. The highest BCUT2D eigenvalue weighted by Crippen LogP contribution is 2.40. The summed E-state index contributed by atoms with van der Waals surface area (Å²) in [6.45, 7) is 2.27. The Morgan fingerprint density at radius 3 is 2.05 bits per heavy atom. The number of hydrogen-bond donors (Lipinski definition) is 0. The Hall–Kier alpha value is -5.02. The zero-order valence-electron chi connectivity index (χ0n) is 22.1. The van der Waals surface area contributed by atoms with Crippen LogP contribution in [0.25, 0.3) is 49.7 Å². The van der Waals surface area contributed by atoms with Crippen molar-refractivity contribution < 1.29 is 4.74 Å². The molecule has 6 aromatic carbocycles. The van der Waals surface area contributed by atoms with Crippen molar-refractivity contribution >= 4 is 44.9 Å². The Balaban J connectivity index is 1.46. The van der Waals surface area contributed by atoms with E-state index in [1.165, 1.54) is 71.7 Å². The normalized spacial score (nSPS) is 12.8. The summed E-state index contributed by atoms with van der Waals surface area (Å²) < 4.78 is 9.07. The van der Waals surface area contributed by atoms with Gasteiger partial charge in [0.15, 0.2) is 0 Å². The topological polar surface area (TPSA) is 14.2 Å². The van der Waals surface area contributed by atoms with Crippen LogP contribution >= 0.6 is 0 Å². The molecule has 1 aromatic heterocycles. The van der Waals surface area contributed by atoms with E-state index in [4.69, 9.17) is 4.74 Å². The molecule has 0 saturated carbocycles. The van der Waals surface area contributed by atoms with Crippen molar-refractivity contribution in [2.45, 2.75) is 6.92 Å². The molecule has 2 aliphatic rings. The summed E-state index contributed by atoms with van der Waals surface area (Å²) in [5.41, 5.74) is 13.7. The molecule has 0 amide bonds. The second-order valence-corrected chi connectivity index (χ2v) is 11.0. The maximum absolute atomic E-state index is 6.58. The first-order valence-corrected chi connectivity index (χ1v) is 13.9. The van der Waals surface area contributed by atoms with Gasteiger partial charge in [-0.15, -0.1) is 0 Å². The number of aromatic nitrogens is 1. The summed E-state index contributed by atoms with van der Waals surface area (Å²) in [7, 11) is 0. The van der Waals surface area contributed by atoms with Crippen molar-refractivity contribution in [3.8, 4) is 39.4 Å². The molecule has 9 rings (SSSR count). The number of rotatable bonds is 2. The van der Waals surface area contributed by atoms with Gasteiger partial charge in [-0.05, 0) is 87.5 Å². The highest BCUT2D eigenvalue weighted by atomic mass is 16.5. The number of para-hydroxylation sites is 1. The summed E-state index contributed by atoms with van der Waals surface area (Å²) in [4.78, 5) is 0. The molecule has 0 spiro atoms. The van der Waals surface area contributed by atoms with Crippen molar-refractivity contribution in [2.24, 2.45) is 0 Å². The van der Waals surface area contributed by atoms with Gasteiger partial charge < -0.3 is 9.30 Å². The molecule has 0 saturated heterocycles. The lowest BCUT2D eigenvalue weighted by atomic mass is 9.34. The molecule has 3 heteroatoms. The van der Waals surface area contributed by atoms with E-state index < -0.39 is 0 Å². The zero-order valence-corrected chi connectivity index (χ0v) is 22.1. The van der Waals surface area contributed by atoms with E-state index in [-0.39, 0.29) is 6.71 Å². The van der Waals surface area contributed by atoms with E-state index in [0.717, 1.165) is 11.5 Å². The smallest absolute Gasteiger partial charge is 0.256 e. The van der Waals surface area contributed by atoms with Gasteiger partial charge in [-0.3, -0.25) is 0 Å². The molecule has 0 N–H and O–H groups in total. The first kappa shape index (κ1) is 21.9. The fraction of sp³-hybridized carbons (Fsp3) is 0.0270. The molecule has 0 atom stereocenters. The Morgan fingerprint density at radius 2 is 1.25 bits per heavy atom. The van der Waals surface area contributed by atoms with E-state index in [0.29, 0.717) is 0 Å². The van der Waals surface area contributed by atoms with E-state index >= 15 is 0 Å². The summed E-state index contributed by atoms with van der Waals surface area (Å²) >= 11 is 0. The van der Waals surface area contributed by atoms with Crippen LogP contribution in [0.4, 0.5) is 0 Å². The van der Waals surface area contributed by atoms with Gasteiger partial charge in [-0.25, -0.2) is 0 Å². The molecule has 186 valence electrons. The fourth-order valence-electron chi connectivity index (χ4n) is 6.97. The number of hydrogen-bond acceptors (Lipinski definition) is 1. The molecular weight excluding hydrogens is 485 g/mol. The lowest BCUT2D eigenvalue weighted by Gasteiger charge is -2.33. The summed E-state index contributed by atoms with van der Waals surface area (Å²) in [5.74, 6) is 1.91. The Kier molecular flexibility index (Phi) is 4.37. The molecule has 40 heavy (non-hydrogen) atoms. The lowest BCUT2D eigenvalue weighted by Crippen LogP contribution is -2.58. The lowest BCUT2D eigenvalue weighted by molar-refractivity contribution is 0.487. The van der Waals surface area contributed by atoms with Crippen LogP contribution in [0.5, 0.6) is 11.5 Å². The Morgan fingerprint density at radius 1 is 0.550 bits per heavy atom. The van der Waals surface area contributed by atoms with Crippen LogP contribution in [0.15, 0.2) is 127 Å². The van der Waals surface area contributed by atoms with Crippen LogP contribution in [0.1, 0.15) is 5.56 Å². The second kappa shape index (κ2) is 8.00. The molecule has 3 heterocycles. The number of fused-ring (bicyclic) bond motifs is 7. The van der Waals surface area contributed by atoms with Crippen molar-refractivity contribution in [2.75, 3.05) is 0 Å². The maximum Gasteiger partial charge on any atom is 0.256 e. The van der Waals surface area contributed by atoms with Gasteiger partial charge in [0.1, 0.15) is 11.5 Å². The average molecular weight is 509 g/mol. The number of ether oxygens (including phenoxy) is 1. The summed E-state index contributed by atoms with van der Waals surface area (Å²) in [6, 6.07) is 46.3. The van der Waals surface area contributed by atoms with Crippen molar-refractivity contribution in [3.63, 3.8) is 0 Å². The maximum atomic E-state index is 6.58. The number of benzene rings is 6. The van der Waals surface area contributed by atoms with E-state index in [9.17, 15) is 0 Å². The van der Waals surface area contributed by atoms with Gasteiger partial charge in [0, 0.05) is 22.0 Å². The minimum atomic E-state index is 0.104. The second-order valence-electron chi connectivity index (χ2n) is 11.0. The van der Waals surface area contributed by atoms with Gasteiger partial charge in [0.2, 0.25) is 0 Å². The molecule has 2 nitrogen and oxygen atoms in total. The predicted octanol–water partition coefficient (Wildman–Crippen LogP) is 7.36. The van der Waals surface area contributed by atoms with Gasteiger partial charge in [-0.2, -0.15) is 0 Å². The van der Waals surface area contributed by atoms with Crippen LogP contribution in [-0.4, -0.2) is 11.3 Å². The van der Waals surface area contributed by atoms with E-state index in [2.05, 4.69) is 139 Å². The fourth-order valence-corrected chi connectivity index (χ4v) is 6.97. The van der Waals surface area contributed by atoms with E-state index in [1.54, 1.807) is 0 Å². The molecule has 0 aliphatic carbocycles. The largest absolute Gasteiger partial charge is 0.458 e. The monoisotopic (exact) mass is 509 g/mol. The highest BCUT2D eigenvalue weighted by molar-refractivity contribution is 6.99.